The number of anilines is 2. The number of nitrogens with two attached hydrogens (primary N) is 1. The summed E-state index contributed by atoms with van der Waals surface area (Å²) in [6.07, 6.45) is 2.63. The van der Waals surface area contributed by atoms with Gasteiger partial charge in [-0.25, -0.2) is 4.98 Å². The molecule has 4 aromatic rings. The standard InChI is InChI=1S/C23H27N7O2/c24-23-26-20(16-21-25-22(27-30(21)23)19-8-4-15-32-19)29-12-10-28(11-13-29)9-5-14-31-17-18-6-2-1-3-7-18/h1-4,6-8,15-16H,5,9-14,17H2,(H2,24,26). The second kappa shape index (κ2) is 9.37. The Balaban J connectivity index is 1.12. The third-order valence-corrected chi connectivity index (χ3v) is 5.65. The van der Waals surface area contributed by atoms with E-state index in [-0.39, 0.29) is 0 Å². The summed E-state index contributed by atoms with van der Waals surface area (Å²) in [6.45, 7) is 6.24. The van der Waals surface area contributed by atoms with Gasteiger partial charge in [0.25, 0.3) is 0 Å². The average molecular weight is 434 g/mol. The number of rotatable bonds is 8. The molecule has 0 radical (unpaired) electrons. The number of hydrogen-bond acceptors (Lipinski definition) is 8. The second-order valence-electron chi connectivity index (χ2n) is 7.88. The fraction of sp³-hybridized carbons (Fsp3) is 0.348. The molecule has 1 aliphatic heterocycles. The molecule has 9 nitrogen and oxygen atoms in total. The summed E-state index contributed by atoms with van der Waals surface area (Å²) < 4.78 is 12.7. The number of piperazine rings is 1. The first-order chi connectivity index (χ1) is 15.8. The van der Waals surface area contributed by atoms with Crippen LogP contribution in [0.3, 0.4) is 0 Å². The van der Waals surface area contributed by atoms with Crippen LogP contribution in [-0.4, -0.2) is 63.8 Å². The lowest BCUT2D eigenvalue weighted by Gasteiger charge is -2.35. The van der Waals surface area contributed by atoms with E-state index in [0.717, 1.165) is 51.6 Å². The molecule has 0 atom stereocenters. The first kappa shape index (κ1) is 20.5. The highest BCUT2D eigenvalue weighted by Crippen LogP contribution is 2.22. The van der Waals surface area contributed by atoms with Gasteiger partial charge in [0, 0.05) is 45.4 Å². The van der Waals surface area contributed by atoms with Crippen LogP contribution in [0.1, 0.15) is 12.0 Å². The maximum atomic E-state index is 6.16. The Labute approximate surface area is 186 Å². The summed E-state index contributed by atoms with van der Waals surface area (Å²) in [5, 5.41) is 4.41. The highest BCUT2D eigenvalue weighted by Gasteiger charge is 2.20. The zero-order chi connectivity index (χ0) is 21.8. The maximum absolute atomic E-state index is 6.16. The van der Waals surface area contributed by atoms with Crippen LogP contribution in [0.5, 0.6) is 0 Å². The van der Waals surface area contributed by atoms with Crippen LogP contribution in [0.4, 0.5) is 11.8 Å². The van der Waals surface area contributed by atoms with E-state index >= 15 is 0 Å². The van der Waals surface area contributed by atoms with Crippen molar-refractivity contribution in [3.63, 3.8) is 0 Å². The van der Waals surface area contributed by atoms with Gasteiger partial charge in [0.2, 0.25) is 11.8 Å². The first-order valence-corrected chi connectivity index (χ1v) is 10.9. The number of furan rings is 1. The number of benzene rings is 1. The SMILES string of the molecule is Nc1nc(N2CCN(CCCOCc3ccccc3)CC2)cc2nc(-c3ccco3)nn12. The highest BCUT2D eigenvalue weighted by molar-refractivity contribution is 5.59. The van der Waals surface area contributed by atoms with Crippen LogP contribution in [0.15, 0.2) is 59.2 Å². The van der Waals surface area contributed by atoms with Gasteiger partial charge in [-0.3, -0.25) is 4.90 Å². The predicted molar refractivity (Wildman–Crippen MR) is 122 cm³/mol. The fourth-order valence-electron chi connectivity index (χ4n) is 3.93. The molecule has 0 bridgehead atoms. The topological polar surface area (TPSA) is 98.0 Å². The van der Waals surface area contributed by atoms with Crippen LogP contribution in [0.25, 0.3) is 17.2 Å². The lowest BCUT2D eigenvalue weighted by molar-refractivity contribution is 0.107. The number of nitrogen functional groups attached to an aromatic ring is 1. The molecule has 4 heterocycles. The number of hydrogen-bond donors (Lipinski definition) is 1. The van der Waals surface area contributed by atoms with Gasteiger partial charge in [-0.2, -0.15) is 9.50 Å². The van der Waals surface area contributed by atoms with Crippen LogP contribution in [0, 0.1) is 0 Å². The molecule has 1 saturated heterocycles. The van der Waals surface area contributed by atoms with Crippen molar-refractivity contribution in [1.29, 1.82) is 0 Å². The van der Waals surface area contributed by atoms with E-state index in [2.05, 4.69) is 37.0 Å². The predicted octanol–water partition coefficient (Wildman–Crippen LogP) is 2.70. The molecule has 32 heavy (non-hydrogen) atoms. The monoisotopic (exact) mass is 433 g/mol. The van der Waals surface area contributed by atoms with E-state index in [9.17, 15) is 0 Å². The summed E-state index contributed by atoms with van der Waals surface area (Å²) in [4.78, 5) is 13.8. The van der Waals surface area contributed by atoms with E-state index in [4.69, 9.17) is 14.9 Å². The van der Waals surface area contributed by atoms with Crippen molar-refractivity contribution in [2.45, 2.75) is 13.0 Å². The highest BCUT2D eigenvalue weighted by atomic mass is 16.5. The summed E-state index contributed by atoms with van der Waals surface area (Å²) in [5.41, 5.74) is 8.04. The quantitative estimate of drug-likeness (QED) is 0.424. The lowest BCUT2D eigenvalue weighted by Crippen LogP contribution is -2.47. The Kier molecular flexibility index (Phi) is 6.00. The third-order valence-electron chi connectivity index (χ3n) is 5.65. The normalized spacial score (nSPS) is 14.9. The molecule has 1 aromatic carbocycles. The maximum Gasteiger partial charge on any atom is 0.225 e. The van der Waals surface area contributed by atoms with Gasteiger partial charge < -0.3 is 19.8 Å². The van der Waals surface area contributed by atoms with E-state index in [0.29, 0.717) is 29.8 Å². The van der Waals surface area contributed by atoms with Crippen molar-refractivity contribution in [2.24, 2.45) is 0 Å². The summed E-state index contributed by atoms with van der Waals surface area (Å²) in [7, 11) is 0. The van der Waals surface area contributed by atoms with Gasteiger partial charge >= 0.3 is 0 Å². The third kappa shape index (κ3) is 4.58. The molecular formula is C23H27N7O2. The summed E-state index contributed by atoms with van der Waals surface area (Å²) >= 11 is 0. The molecule has 1 aliphatic rings. The zero-order valence-electron chi connectivity index (χ0n) is 17.9. The van der Waals surface area contributed by atoms with Crippen molar-refractivity contribution in [3.8, 4) is 11.6 Å². The molecule has 166 valence electrons. The first-order valence-electron chi connectivity index (χ1n) is 10.9. The smallest absolute Gasteiger partial charge is 0.225 e. The Morgan fingerprint density at radius 3 is 2.62 bits per heavy atom. The van der Waals surface area contributed by atoms with E-state index in [1.165, 1.54) is 5.56 Å². The molecule has 3 aromatic heterocycles. The number of aromatic nitrogens is 4. The minimum absolute atomic E-state index is 0.320. The average Bonchev–Trinajstić information content (AvgIpc) is 3.50. The molecule has 0 unspecified atom stereocenters. The van der Waals surface area contributed by atoms with E-state index in [1.54, 1.807) is 10.8 Å². The Bertz CT molecular complexity index is 1140. The van der Waals surface area contributed by atoms with Crippen LogP contribution < -0.4 is 10.6 Å². The van der Waals surface area contributed by atoms with Gasteiger partial charge in [-0.15, -0.1) is 5.10 Å². The Morgan fingerprint density at radius 1 is 1.00 bits per heavy atom. The minimum Gasteiger partial charge on any atom is -0.461 e. The lowest BCUT2D eigenvalue weighted by atomic mass is 10.2. The molecule has 0 amide bonds. The molecule has 0 saturated carbocycles. The fourth-order valence-corrected chi connectivity index (χ4v) is 3.93. The van der Waals surface area contributed by atoms with Crippen molar-refractivity contribution in [2.75, 3.05) is 50.0 Å². The Morgan fingerprint density at radius 2 is 1.84 bits per heavy atom. The Hall–Kier alpha value is -3.43. The van der Waals surface area contributed by atoms with Crippen molar-refractivity contribution in [3.05, 3.63) is 60.4 Å². The van der Waals surface area contributed by atoms with Crippen LogP contribution in [-0.2, 0) is 11.3 Å². The molecule has 1 fully saturated rings. The van der Waals surface area contributed by atoms with E-state index < -0.39 is 0 Å². The molecule has 0 aliphatic carbocycles. The van der Waals surface area contributed by atoms with Gasteiger partial charge in [0.1, 0.15) is 5.82 Å². The minimum atomic E-state index is 0.320. The summed E-state index contributed by atoms with van der Waals surface area (Å²) in [5.74, 6) is 2.26. The van der Waals surface area contributed by atoms with Crippen LogP contribution in [0.2, 0.25) is 0 Å². The molecular weight excluding hydrogens is 406 g/mol. The second-order valence-corrected chi connectivity index (χ2v) is 7.88. The van der Waals surface area contributed by atoms with Crippen LogP contribution >= 0.6 is 0 Å². The van der Waals surface area contributed by atoms with Crippen molar-refractivity contribution < 1.29 is 9.15 Å². The molecule has 2 N–H and O–H groups in total. The number of ether oxygens (including phenoxy) is 1. The van der Waals surface area contributed by atoms with Crippen molar-refractivity contribution >= 4 is 17.4 Å². The largest absolute Gasteiger partial charge is 0.461 e. The van der Waals surface area contributed by atoms with Gasteiger partial charge in [0.05, 0.1) is 12.9 Å². The number of nitrogens with zero attached hydrogens (tertiary/aromatic N) is 6. The molecule has 5 rings (SSSR count). The molecule has 0 spiro atoms. The van der Waals surface area contributed by atoms with Gasteiger partial charge in [-0.05, 0) is 24.1 Å². The summed E-state index contributed by atoms with van der Waals surface area (Å²) in [6, 6.07) is 15.9. The zero-order valence-corrected chi connectivity index (χ0v) is 17.9. The van der Waals surface area contributed by atoms with Gasteiger partial charge in [0.15, 0.2) is 11.4 Å². The van der Waals surface area contributed by atoms with E-state index in [1.807, 2.05) is 36.4 Å². The number of fused-ring (bicyclic) bond motifs is 1. The van der Waals surface area contributed by atoms with Crippen molar-refractivity contribution in [1.82, 2.24) is 24.5 Å². The molecule has 9 heteroatoms. The van der Waals surface area contributed by atoms with Gasteiger partial charge in [-0.1, -0.05) is 30.3 Å².